The van der Waals surface area contributed by atoms with E-state index in [1.54, 1.807) is 12.1 Å². The first-order valence-corrected chi connectivity index (χ1v) is 6.80. The highest BCUT2D eigenvalue weighted by Gasteiger charge is 2.42. The molecule has 3 heteroatoms. The Hall–Kier alpha value is -0.930. The van der Waals surface area contributed by atoms with Crippen molar-refractivity contribution in [2.45, 2.75) is 43.8 Å². The van der Waals surface area contributed by atoms with E-state index in [2.05, 4.69) is 12.2 Å². The highest BCUT2D eigenvalue weighted by Crippen LogP contribution is 2.37. The van der Waals surface area contributed by atoms with Crippen LogP contribution in [-0.2, 0) is 10.2 Å². The van der Waals surface area contributed by atoms with Gasteiger partial charge in [-0.3, -0.25) is 0 Å². The van der Waals surface area contributed by atoms with Gasteiger partial charge in [0.2, 0.25) is 0 Å². The average molecular weight is 249 g/mol. The van der Waals surface area contributed by atoms with Crippen LogP contribution in [0.15, 0.2) is 24.3 Å². The number of nitrogens with one attached hydrogen (secondary N) is 1. The zero-order valence-electron chi connectivity index (χ0n) is 10.8. The molecule has 3 rings (SSSR count). The van der Waals surface area contributed by atoms with Crippen LogP contribution in [0.25, 0.3) is 0 Å². The lowest BCUT2D eigenvalue weighted by molar-refractivity contribution is 0.0273. The summed E-state index contributed by atoms with van der Waals surface area (Å²) in [7, 11) is 0. The molecule has 1 aromatic carbocycles. The summed E-state index contributed by atoms with van der Waals surface area (Å²) in [5, 5.41) is 3.35. The van der Waals surface area contributed by atoms with Crippen LogP contribution in [0.5, 0.6) is 0 Å². The third-order valence-electron chi connectivity index (χ3n) is 4.32. The van der Waals surface area contributed by atoms with Gasteiger partial charge in [-0.15, -0.1) is 0 Å². The Kier molecular flexibility index (Phi) is 3.12. The SMILES string of the molecule is CC1CCC(CC2(c3ccc(F)cc3)CNC2)O1. The fraction of sp³-hybridized carbons (Fsp3) is 0.600. The van der Waals surface area contributed by atoms with E-state index in [0.29, 0.717) is 12.2 Å². The number of hydrogen-bond donors (Lipinski definition) is 1. The van der Waals surface area contributed by atoms with E-state index in [0.717, 1.165) is 32.4 Å². The molecular formula is C15H20FNO. The maximum absolute atomic E-state index is 13.0. The topological polar surface area (TPSA) is 21.3 Å². The number of hydrogen-bond acceptors (Lipinski definition) is 2. The molecule has 2 nitrogen and oxygen atoms in total. The highest BCUT2D eigenvalue weighted by molar-refractivity contribution is 5.30. The van der Waals surface area contributed by atoms with Crippen LogP contribution in [0.1, 0.15) is 31.7 Å². The second-order valence-corrected chi connectivity index (χ2v) is 5.74. The summed E-state index contributed by atoms with van der Waals surface area (Å²) in [5.74, 6) is -0.160. The molecule has 0 amide bonds. The first kappa shape index (κ1) is 12.1. The highest BCUT2D eigenvalue weighted by atomic mass is 19.1. The molecule has 0 aliphatic carbocycles. The summed E-state index contributed by atoms with van der Waals surface area (Å²) >= 11 is 0. The van der Waals surface area contributed by atoms with E-state index in [1.165, 1.54) is 5.56 Å². The van der Waals surface area contributed by atoms with Crippen molar-refractivity contribution in [3.05, 3.63) is 35.6 Å². The molecule has 0 bridgehead atoms. The Balaban J connectivity index is 1.75. The number of halogens is 1. The summed E-state index contributed by atoms with van der Waals surface area (Å²) in [6.45, 7) is 4.10. The number of benzene rings is 1. The summed E-state index contributed by atoms with van der Waals surface area (Å²) < 4.78 is 18.9. The van der Waals surface area contributed by atoms with Crippen molar-refractivity contribution in [2.75, 3.05) is 13.1 Å². The van der Waals surface area contributed by atoms with Crippen molar-refractivity contribution in [3.8, 4) is 0 Å². The lowest BCUT2D eigenvalue weighted by Gasteiger charge is -2.44. The van der Waals surface area contributed by atoms with Crippen LogP contribution in [-0.4, -0.2) is 25.3 Å². The lowest BCUT2D eigenvalue weighted by Crippen LogP contribution is -2.58. The molecule has 98 valence electrons. The lowest BCUT2D eigenvalue weighted by atomic mass is 9.71. The van der Waals surface area contributed by atoms with Gasteiger partial charge in [0.25, 0.3) is 0 Å². The van der Waals surface area contributed by atoms with Crippen LogP contribution >= 0.6 is 0 Å². The normalized spacial score (nSPS) is 30.1. The van der Waals surface area contributed by atoms with E-state index in [9.17, 15) is 4.39 Å². The molecule has 2 aliphatic heterocycles. The monoisotopic (exact) mass is 249 g/mol. The van der Waals surface area contributed by atoms with Crippen molar-refractivity contribution in [1.82, 2.24) is 5.32 Å². The van der Waals surface area contributed by atoms with Crippen LogP contribution < -0.4 is 5.32 Å². The molecular weight excluding hydrogens is 229 g/mol. The Labute approximate surface area is 108 Å². The molecule has 2 unspecified atom stereocenters. The van der Waals surface area contributed by atoms with Gasteiger partial charge in [0.05, 0.1) is 12.2 Å². The van der Waals surface area contributed by atoms with Gasteiger partial charge in [-0.1, -0.05) is 12.1 Å². The minimum atomic E-state index is -0.160. The second-order valence-electron chi connectivity index (χ2n) is 5.74. The fourth-order valence-electron chi connectivity index (χ4n) is 3.17. The molecule has 0 radical (unpaired) electrons. The molecule has 2 aliphatic rings. The van der Waals surface area contributed by atoms with Gasteiger partial charge in [0.1, 0.15) is 5.82 Å². The molecule has 0 aromatic heterocycles. The molecule has 2 atom stereocenters. The van der Waals surface area contributed by atoms with E-state index in [4.69, 9.17) is 4.74 Å². The predicted molar refractivity (Wildman–Crippen MR) is 69.1 cm³/mol. The van der Waals surface area contributed by atoms with E-state index >= 15 is 0 Å². The van der Waals surface area contributed by atoms with Crippen LogP contribution in [0.3, 0.4) is 0 Å². The minimum Gasteiger partial charge on any atom is -0.375 e. The molecule has 2 heterocycles. The van der Waals surface area contributed by atoms with Gasteiger partial charge >= 0.3 is 0 Å². The van der Waals surface area contributed by atoms with Crippen molar-refractivity contribution >= 4 is 0 Å². The van der Waals surface area contributed by atoms with Crippen LogP contribution in [0.2, 0.25) is 0 Å². The quantitative estimate of drug-likeness (QED) is 0.889. The molecule has 2 fully saturated rings. The largest absolute Gasteiger partial charge is 0.375 e. The molecule has 2 saturated heterocycles. The van der Waals surface area contributed by atoms with Gasteiger partial charge in [0.15, 0.2) is 0 Å². The van der Waals surface area contributed by atoms with Gasteiger partial charge in [0, 0.05) is 18.5 Å². The van der Waals surface area contributed by atoms with Gasteiger partial charge in [-0.05, 0) is 43.9 Å². The zero-order chi connectivity index (χ0) is 12.6. The molecule has 1 aromatic rings. The standard InChI is InChI=1S/C15H20FNO/c1-11-2-7-14(18-11)8-15(9-17-10-15)12-3-5-13(16)6-4-12/h3-6,11,14,17H,2,7-10H2,1H3. The summed E-state index contributed by atoms with van der Waals surface area (Å²) in [6, 6.07) is 6.98. The van der Waals surface area contributed by atoms with E-state index < -0.39 is 0 Å². The van der Waals surface area contributed by atoms with E-state index in [-0.39, 0.29) is 11.2 Å². The van der Waals surface area contributed by atoms with Crippen molar-refractivity contribution in [3.63, 3.8) is 0 Å². The summed E-state index contributed by atoms with van der Waals surface area (Å²) in [6.07, 6.45) is 4.14. The minimum absolute atomic E-state index is 0.155. The first-order chi connectivity index (χ1) is 8.68. The van der Waals surface area contributed by atoms with Gasteiger partial charge < -0.3 is 10.1 Å². The van der Waals surface area contributed by atoms with Gasteiger partial charge in [-0.25, -0.2) is 4.39 Å². The predicted octanol–water partition coefficient (Wildman–Crippen LogP) is 2.62. The van der Waals surface area contributed by atoms with Crippen LogP contribution in [0, 0.1) is 5.82 Å². The molecule has 1 N–H and O–H groups in total. The zero-order valence-corrected chi connectivity index (χ0v) is 10.8. The Morgan fingerprint density at radius 1 is 1.28 bits per heavy atom. The van der Waals surface area contributed by atoms with Crippen molar-refractivity contribution in [1.29, 1.82) is 0 Å². The Bertz CT molecular complexity index is 413. The molecule has 0 saturated carbocycles. The Morgan fingerprint density at radius 3 is 2.50 bits per heavy atom. The summed E-state index contributed by atoms with van der Waals surface area (Å²) in [5.41, 5.74) is 1.40. The van der Waals surface area contributed by atoms with Crippen molar-refractivity contribution < 1.29 is 9.13 Å². The summed E-state index contributed by atoms with van der Waals surface area (Å²) in [4.78, 5) is 0. The molecule has 18 heavy (non-hydrogen) atoms. The maximum Gasteiger partial charge on any atom is 0.123 e. The Morgan fingerprint density at radius 2 is 2.00 bits per heavy atom. The number of ether oxygens (including phenoxy) is 1. The average Bonchev–Trinajstić information content (AvgIpc) is 2.71. The van der Waals surface area contributed by atoms with E-state index in [1.807, 2.05) is 12.1 Å². The second kappa shape index (κ2) is 4.63. The smallest absolute Gasteiger partial charge is 0.123 e. The third kappa shape index (κ3) is 2.17. The third-order valence-corrected chi connectivity index (χ3v) is 4.32. The maximum atomic E-state index is 13.0. The first-order valence-electron chi connectivity index (χ1n) is 6.80. The van der Waals surface area contributed by atoms with Crippen molar-refractivity contribution in [2.24, 2.45) is 0 Å². The fourth-order valence-corrected chi connectivity index (χ4v) is 3.17. The van der Waals surface area contributed by atoms with Gasteiger partial charge in [-0.2, -0.15) is 0 Å². The number of rotatable bonds is 3. The molecule has 0 spiro atoms. The van der Waals surface area contributed by atoms with Crippen LogP contribution in [0.4, 0.5) is 4.39 Å².